The Labute approximate surface area is 123 Å². The van der Waals surface area contributed by atoms with Gasteiger partial charge < -0.3 is 10.2 Å². The first-order valence-electron chi connectivity index (χ1n) is 7.54. The largest absolute Gasteiger partial charge is 0.335 e. The molecule has 1 aliphatic carbocycles. The van der Waals surface area contributed by atoms with E-state index in [-0.39, 0.29) is 30.5 Å². The van der Waals surface area contributed by atoms with Crippen LogP contribution in [0.1, 0.15) is 31.7 Å². The number of halogens is 2. The quantitative estimate of drug-likeness (QED) is 0.925. The van der Waals surface area contributed by atoms with Crippen molar-refractivity contribution in [3.05, 3.63) is 35.4 Å². The van der Waals surface area contributed by atoms with E-state index in [9.17, 15) is 13.6 Å². The smallest absolute Gasteiger partial charge is 0.227 e. The number of amides is 1. The number of hydrogen-bond donors (Lipinski definition) is 1. The molecule has 1 aromatic carbocycles. The summed E-state index contributed by atoms with van der Waals surface area (Å²) in [5, 5.41) is 3.28. The molecular formula is C16H20F2N2O. The summed E-state index contributed by atoms with van der Waals surface area (Å²) in [4.78, 5) is 14.5. The summed E-state index contributed by atoms with van der Waals surface area (Å²) >= 11 is 0. The molecule has 1 saturated carbocycles. The van der Waals surface area contributed by atoms with E-state index in [1.54, 1.807) is 4.90 Å². The third kappa shape index (κ3) is 3.07. The lowest BCUT2D eigenvalue weighted by Crippen LogP contribution is -2.41. The average Bonchev–Trinajstić information content (AvgIpc) is 3.19. The van der Waals surface area contributed by atoms with Crippen LogP contribution in [0.5, 0.6) is 0 Å². The third-order valence-electron chi connectivity index (χ3n) is 4.47. The van der Waals surface area contributed by atoms with Crippen molar-refractivity contribution in [3.63, 3.8) is 0 Å². The molecule has 1 saturated heterocycles. The Morgan fingerprint density at radius 3 is 2.67 bits per heavy atom. The Bertz CT molecular complexity index is 545. The second-order valence-corrected chi connectivity index (χ2v) is 6.07. The van der Waals surface area contributed by atoms with Gasteiger partial charge in [-0.2, -0.15) is 0 Å². The minimum Gasteiger partial charge on any atom is -0.335 e. The van der Waals surface area contributed by atoms with Gasteiger partial charge in [-0.15, -0.1) is 0 Å². The molecule has 1 N–H and O–H groups in total. The molecule has 2 unspecified atom stereocenters. The van der Waals surface area contributed by atoms with Crippen LogP contribution in [-0.4, -0.2) is 29.4 Å². The molecule has 1 aromatic rings. The van der Waals surface area contributed by atoms with Gasteiger partial charge >= 0.3 is 0 Å². The number of nitrogens with one attached hydrogen (secondary N) is 1. The van der Waals surface area contributed by atoms with Crippen molar-refractivity contribution in [3.8, 4) is 0 Å². The molecule has 5 heteroatoms. The standard InChI is InChI=1S/C16H20F2N2O/c1-10-14(6-7-19-10)16(21)20(13-4-5-13)9-11-2-3-12(17)8-15(11)18/h2-3,8,10,13-14,19H,4-7,9H2,1H3. The topological polar surface area (TPSA) is 32.3 Å². The first-order chi connectivity index (χ1) is 10.1. The molecule has 0 bridgehead atoms. The van der Waals surface area contributed by atoms with E-state index in [0.29, 0.717) is 5.56 Å². The fraction of sp³-hybridized carbons (Fsp3) is 0.562. The summed E-state index contributed by atoms with van der Waals surface area (Å²) in [6.45, 7) is 3.10. The van der Waals surface area contributed by atoms with Crippen LogP contribution in [0.25, 0.3) is 0 Å². The second kappa shape index (κ2) is 5.72. The van der Waals surface area contributed by atoms with Gasteiger partial charge in [-0.1, -0.05) is 6.07 Å². The van der Waals surface area contributed by atoms with E-state index in [4.69, 9.17) is 0 Å². The molecule has 1 amide bonds. The zero-order chi connectivity index (χ0) is 15.0. The van der Waals surface area contributed by atoms with Crippen molar-refractivity contribution in [2.24, 2.45) is 5.92 Å². The zero-order valence-corrected chi connectivity index (χ0v) is 12.1. The van der Waals surface area contributed by atoms with Crippen molar-refractivity contribution in [2.45, 2.75) is 44.8 Å². The lowest BCUT2D eigenvalue weighted by atomic mass is 10.00. The highest BCUT2D eigenvalue weighted by atomic mass is 19.1. The normalized spacial score (nSPS) is 25.1. The Balaban J connectivity index is 1.77. The Kier molecular flexibility index (Phi) is 3.93. The van der Waals surface area contributed by atoms with E-state index < -0.39 is 11.6 Å². The van der Waals surface area contributed by atoms with Crippen molar-refractivity contribution < 1.29 is 13.6 Å². The molecule has 114 valence electrons. The number of rotatable bonds is 4. The molecule has 3 nitrogen and oxygen atoms in total. The van der Waals surface area contributed by atoms with Crippen LogP contribution in [-0.2, 0) is 11.3 Å². The SMILES string of the molecule is CC1NCCC1C(=O)N(Cc1ccc(F)cc1F)C1CC1. The third-order valence-corrected chi connectivity index (χ3v) is 4.47. The monoisotopic (exact) mass is 294 g/mol. The number of carbonyl (C=O) groups is 1. The fourth-order valence-corrected chi connectivity index (χ4v) is 3.02. The molecule has 2 aliphatic rings. The number of benzene rings is 1. The van der Waals surface area contributed by atoms with Crippen LogP contribution in [0.2, 0.25) is 0 Å². The van der Waals surface area contributed by atoms with Crippen molar-refractivity contribution in [1.82, 2.24) is 10.2 Å². The van der Waals surface area contributed by atoms with Crippen LogP contribution in [0, 0.1) is 17.6 Å². The highest BCUT2D eigenvalue weighted by Gasteiger charge is 2.39. The van der Waals surface area contributed by atoms with Gasteiger partial charge in [0.2, 0.25) is 5.91 Å². The van der Waals surface area contributed by atoms with Crippen LogP contribution >= 0.6 is 0 Å². The number of carbonyl (C=O) groups excluding carboxylic acids is 1. The average molecular weight is 294 g/mol. The molecule has 3 rings (SSSR count). The van der Waals surface area contributed by atoms with E-state index in [1.165, 1.54) is 12.1 Å². The summed E-state index contributed by atoms with van der Waals surface area (Å²) in [5.41, 5.74) is 0.384. The summed E-state index contributed by atoms with van der Waals surface area (Å²) in [7, 11) is 0. The maximum absolute atomic E-state index is 13.8. The molecule has 1 heterocycles. The van der Waals surface area contributed by atoms with Gasteiger partial charge in [-0.3, -0.25) is 4.79 Å². The zero-order valence-electron chi connectivity index (χ0n) is 12.1. The number of hydrogen-bond acceptors (Lipinski definition) is 2. The van der Waals surface area contributed by atoms with Gasteiger partial charge in [-0.25, -0.2) is 8.78 Å². The Hall–Kier alpha value is -1.49. The Morgan fingerprint density at radius 2 is 2.10 bits per heavy atom. The molecule has 0 aromatic heterocycles. The van der Waals surface area contributed by atoms with Crippen molar-refractivity contribution >= 4 is 5.91 Å². The summed E-state index contributed by atoms with van der Waals surface area (Å²) in [5.74, 6) is -1.10. The minimum atomic E-state index is -0.589. The van der Waals surface area contributed by atoms with Gasteiger partial charge in [0.15, 0.2) is 0 Å². The maximum Gasteiger partial charge on any atom is 0.227 e. The second-order valence-electron chi connectivity index (χ2n) is 6.07. The highest BCUT2D eigenvalue weighted by Crippen LogP contribution is 2.32. The highest BCUT2D eigenvalue weighted by molar-refractivity contribution is 5.80. The molecule has 2 fully saturated rings. The fourth-order valence-electron chi connectivity index (χ4n) is 3.02. The molecule has 2 atom stereocenters. The van der Waals surface area contributed by atoms with E-state index >= 15 is 0 Å². The number of nitrogens with zero attached hydrogens (tertiary/aromatic N) is 1. The summed E-state index contributed by atoms with van der Waals surface area (Å²) in [6.07, 6.45) is 2.78. The van der Waals surface area contributed by atoms with E-state index in [2.05, 4.69) is 5.32 Å². The predicted octanol–water partition coefficient (Wildman–Crippen LogP) is 2.45. The van der Waals surface area contributed by atoms with Crippen molar-refractivity contribution in [2.75, 3.05) is 6.54 Å². The van der Waals surface area contributed by atoms with Gasteiger partial charge in [0.25, 0.3) is 0 Å². The molecule has 1 aliphatic heterocycles. The van der Waals surface area contributed by atoms with Crippen LogP contribution in [0.4, 0.5) is 8.78 Å². The first-order valence-corrected chi connectivity index (χ1v) is 7.54. The van der Waals surface area contributed by atoms with Crippen LogP contribution in [0.15, 0.2) is 18.2 Å². The first kappa shape index (κ1) is 14.4. The van der Waals surface area contributed by atoms with E-state index in [1.807, 2.05) is 6.92 Å². The molecular weight excluding hydrogens is 274 g/mol. The van der Waals surface area contributed by atoms with E-state index in [0.717, 1.165) is 31.9 Å². The van der Waals surface area contributed by atoms with Gasteiger partial charge in [0, 0.05) is 30.3 Å². The predicted molar refractivity (Wildman–Crippen MR) is 75.5 cm³/mol. The maximum atomic E-state index is 13.8. The molecule has 0 radical (unpaired) electrons. The summed E-state index contributed by atoms with van der Waals surface area (Å²) < 4.78 is 26.8. The lowest BCUT2D eigenvalue weighted by molar-refractivity contribution is -0.137. The molecule has 0 spiro atoms. The molecule has 21 heavy (non-hydrogen) atoms. The van der Waals surface area contributed by atoms with Gasteiger partial charge in [0.1, 0.15) is 11.6 Å². The van der Waals surface area contributed by atoms with Crippen LogP contribution in [0.3, 0.4) is 0 Å². The summed E-state index contributed by atoms with van der Waals surface area (Å²) in [6, 6.07) is 3.94. The van der Waals surface area contributed by atoms with Gasteiger partial charge in [-0.05, 0) is 38.8 Å². The van der Waals surface area contributed by atoms with Gasteiger partial charge in [0.05, 0.1) is 5.92 Å². The minimum absolute atomic E-state index is 0.0332. The Morgan fingerprint density at radius 1 is 1.33 bits per heavy atom. The lowest BCUT2D eigenvalue weighted by Gasteiger charge is -2.27. The van der Waals surface area contributed by atoms with Crippen LogP contribution < -0.4 is 5.32 Å². The van der Waals surface area contributed by atoms with Crippen molar-refractivity contribution in [1.29, 1.82) is 0 Å².